The lowest BCUT2D eigenvalue weighted by molar-refractivity contribution is 0.0304. The van der Waals surface area contributed by atoms with Gasteiger partial charge in [-0.3, -0.25) is 4.90 Å². The highest BCUT2D eigenvalue weighted by Gasteiger charge is 2.36. The Morgan fingerprint density at radius 2 is 1.68 bits per heavy atom. The van der Waals surface area contributed by atoms with Gasteiger partial charge in [0.15, 0.2) is 0 Å². The van der Waals surface area contributed by atoms with Gasteiger partial charge < -0.3 is 15.5 Å². The van der Waals surface area contributed by atoms with Crippen LogP contribution in [0.4, 0.5) is 0 Å². The number of aliphatic hydroxyl groups is 1. The molecule has 1 atom stereocenters. The van der Waals surface area contributed by atoms with Gasteiger partial charge in [0, 0.05) is 44.2 Å². The topological polar surface area (TPSA) is 55.7 Å². The molecule has 0 amide bonds. The Bertz CT molecular complexity index is 476. The second kappa shape index (κ2) is 7.64. The van der Waals surface area contributed by atoms with Crippen LogP contribution in [-0.4, -0.2) is 47.9 Å². The number of piperazine rings is 1. The number of hydrogen-bond donors (Lipinski definition) is 3. The molecule has 1 aromatic rings. The van der Waals surface area contributed by atoms with E-state index in [0.717, 1.165) is 37.3 Å². The summed E-state index contributed by atoms with van der Waals surface area (Å²) in [6.45, 7) is 12.1. The Balaban J connectivity index is 0.00000242. The summed E-state index contributed by atoms with van der Waals surface area (Å²) in [6.07, 6.45) is 0. The molecule has 2 rings (SSSR count). The minimum absolute atomic E-state index is 0. The summed E-state index contributed by atoms with van der Waals surface area (Å²) in [4.78, 5) is 2.44. The molecule has 0 unspecified atom stereocenters. The lowest BCUT2D eigenvalue weighted by Gasteiger charge is -2.43. The van der Waals surface area contributed by atoms with Gasteiger partial charge >= 0.3 is 0 Å². The molecule has 1 aromatic carbocycles. The van der Waals surface area contributed by atoms with Gasteiger partial charge in [-0.1, -0.05) is 26.0 Å². The minimum atomic E-state index is -0.229. The summed E-state index contributed by atoms with van der Waals surface area (Å²) in [5.74, 6) is 0.375. The highest BCUT2D eigenvalue weighted by atomic mass is 35.5. The molecule has 0 aliphatic carbocycles. The van der Waals surface area contributed by atoms with Gasteiger partial charge in [0.1, 0.15) is 5.75 Å². The number of nitrogens with zero attached hydrogens (tertiary/aromatic N) is 1. The molecule has 0 aromatic heterocycles. The van der Waals surface area contributed by atoms with Crippen LogP contribution in [0, 0.1) is 19.3 Å². The molecule has 1 fully saturated rings. The predicted molar refractivity (Wildman–Crippen MR) is 92.9 cm³/mol. The molecule has 0 bridgehead atoms. The standard InChI is InChI=1S/C17H28N2O2.ClH/c1-12-9-14(10-13(2)15(12)21)16(17(3,4)11-20)19-7-5-18-6-8-19;/h9-10,16,18,20-21H,5-8,11H2,1-4H3;1H/t16-;/m1./s1. The molecular formula is C17H29ClN2O2. The van der Waals surface area contributed by atoms with Gasteiger partial charge in [0.25, 0.3) is 0 Å². The summed E-state index contributed by atoms with van der Waals surface area (Å²) in [7, 11) is 0. The number of halogens is 1. The number of aliphatic hydroxyl groups excluding tert-OH is 1. The van der Waals surface area contributed by atoms with Crippen LogP contribution >= 0.6 is 12.4 Å². The number of aromatic hydroxyl groups is 1. The molecular weight excluding hydrogens is 300 g/mol. The summed E-state index contributed by atoms with van der Waals surface area (Å²) in [5.41, 5.74) is 2.76. The highest BCUT2D eigenvalue weighted by molar-refractivity contribution is 5.85. The number of phenols is 1. The van der Waals surface area contributed by atoms with E-state index >= 15 is 0 Å². The number of hydrogen-bond acceptors (Lipinski definition) is 4. The fraction of sp³-hybridized carbons (Fsp3) is 0.647. The van der Waals surface area contributed by atoms with Crippen molar-refractivity contribution in [3.8, 4) is 5.75 Å². The van der Waals surface area contributed by atoms with E-state index < -0.39 is 0 Å². The van der Waals surface area contributed by atoms with Crippen LogP contribution in [0.3, 0.4) is 0 Å². The fourth-order valence-electron chi connectivity index (χ4n) is 3.33. The van der Waals surface area contributed by atoms with Crippen LogP contribution < -0.4 is 5.32 Å². The maximum Gasteiger partial charge on any atom is 0.121 e. The van der Waals surface area contributed by atoms with Crippen molar-refractivity contribution in [2.24, 2.45) is 5.41 Å². The van der Waals surface area contributed by atoms with Gasteiger partial charge in [-0.25, -0.2) is 0 Å². The zero-order valence-corrected chi connectivity index (χ0v) is 14.8. The zero-order chi connectivity index (χ0) is 15.6. The maximum absolute atomic E-state index is 10.0. The first-order valence-electron chi connectivity index (χ1n) is 7.72. The molecule has 1 aliphatic rings. The Kier molecular flexibility index (Phi) is 6.68. The Morgan fingerprint density at radius 3 is 2.14 bits per heavy atom. The SMILES string of the molecule is Cc1cc([C@@H](N2CCNCC2)C(C)(C)CO)cc(C)c1O.Cl. The Morgan fingerprint density at radius 1 is 1.18 bits per heavy atom. The second-order valence-corrected chi connectivity index (χ2v) is 6.84. The van der Waals surface area contributed by atoms with E-state index in [4.69, 9.17) is 0 Å². The lowest BCUT2D eigenvalue weighted by atomic mass is 9.79. The maximum atomic E-state index is 10.0. The fourth-order valence-corrected chi connectivity index (χ4v) is 3.33. The summed E-state index contributed by atoms with van der Waals surface area (Å²) in [6, 6.07) is 4.28. The lowest BCUT2D eigenvalue weighted by Crippen LogP contribution is -2.49. The molecule has 126 valence electrons. The van der Waals surface area contributed by atoms with Crippen molar-refractivity contribution in [3.05, 3.63) is 28.8 Å². The van der Waals surface area contributed by atoms with Crippen molar-refractivity contribution in [3.63, 3.8) is 0 Å². The Labute approximate surface area is 139 Å². The smallest absolute Gasteiger partial charge is 0.121 e. The molecule has 5 heteroatoms. The van der Waals surface area contributed by atoms with Crippen molar-refractivity contribution in [1.82, 2.24) is 10.2 Å². The average Bonchev–Trinajstić information content (AvgIpc) is 2.46. The molecule has 1 aliphatic heterocycles. The quantitative estimate of drug-likeness (QED) is 0.794. The third kappa shape index (κ3) is 3.93. The monoisotopic (exact) mass is 328 g/mol. The van der Waals surface area contributed by atoms with E-state index in [1.165, 1.54) is 5.56 Å². The number of rotatable bonds is 4. The number of phenolic OH excluding ortho intramolecular Hbond substituents is 1. The number of aryl methyl sites for hydroxylation is 2. The van der Waals surface area contributed by atoms with Crippen LogP contribution in [0.5, 0.6) is 5.75 Å². The van der Waals surface area contributed by atoms with Crippen LogP contribution in [0.1, 0.15) is 36.6 Å². The highest BCUT2D eigenvalue weighted by Crippen LogP contribution is 2.40. The third-order valence-corrected chi connectivity index (χ3v) is 4.49. The van der Waals surface area contributed by atoms with Crippen LogP contribution in [0.2, 0.25) is 0 Å². The zero-order valence-electron chi connectivity index (χ0n) is 14.0. The van der Waals surface area contributed by atoms with Crippen molar-refractivity contribution >= 4 is 12.4 Å². The largest absolute Gasteiger partial charge is 0.507 e. The molecule has 1 saturated heterocycles. The van der Waals surface area contributed by atoms with Crippen molar-refractivity contribution in [2.45, 2.75) is 33.7 Å². The molecule has 0 spiro atoms. The molecule has 4 nitrogen and oxygen atoms in total. The summed E-state index contributed by atoms with van der Waals surface area (Å²) in [5, 5.41) is 23.2. The van der Waals surface area contributed by atoms with E-state index in [0.29, 0.717) is 5.75 Å². The third-order valence-electron chi connectivity index (χ3n) is 4.49. The van der Waals surface area contributed by atoms with Crippen LogP contribution in [0.15, 0.2) is 12.1 Å². The van der Waals surface area contributed by atoms with Gasteiger partial charge in [-0.2, -0.15) is 0 Å². The molecule has 1 heterocycles. The predicted octanol–water partition coefficient (Wildman–Crippen LogP) is 2.40. The van der Waals surface area contributed by atoms with Gasteiger partial charge in [-0.15, -0.1) is 12.4 Å². The van der Waals surface area contributed by atoms with Gasteiger partial charge in [-0.05, 0) is 30.5 Å². The van der Waals surface area contributed by atoms with Crippen LogP contribution in [0.25, 0.3) is 0 Å². The molecule has 22 heavy (non-hydrogen) atoms. The Hall–Kier alpha value is -0.810. The first kappa shape index (κ1) is 19.2. The minimum Gasteiger partial charge on any atom is -0.507 e. The first-order chi connectivity index (χ1) is 9.86. The average molecular weight is 329 g/mol. The van der Waals surface area contributed by atoms with E-state index in [9.17, 15) is 10.2 Å². The van der Waals surface area contributed by atoms with E-state index in [-0.39, 0.29) is 30.5 Å². The van der Waals surface area contributed by atoms with Gasteiger partial charge in [0.2, 0.25) is 0 Å². The molecule has 0 saturated carbocycles. The molecule has 3 N–H and O–H groups in total. The van der Waals surface area contributed by atoms with Crippen molar-refractivity contribution in [1.29, 1.82) is 0 Å². The van der Waals surface area contributed by atoms with Crippen LogP contribution in [-0.2, 0) is 0 Å². The number of nitrogens with one attached hydrogen (secondary N) is 1. The van der Waals surface area contributed by atoms with E-state index in [1.54, 1.807) is 0 Å². The summed E-state index contributed by atoms with van der Waals surface area (Å²) >= 11 is 0. The van der Waals surface area contributed by atoms with E-state index in [2.05, 4.69) is 36.2 Å². The van der Waals surface area contributed by atoms with E-state index in [1.807, 2.05) is 13.8 Å². The second-order valence-electron chi connectivity index (χ2n) is 6.84. The van der Waals surface area contributed by atoms with Gasteiger partial charge in [0.05, 0.1) is 0 Å². The van der Waals surface area contributed by atoms with Crippen molar-refractivity contribution in [2.75, 3.05) is 32.8 Å². The normalized spacial score (nSPS) is 17.9. The molecule has 0 radical (unpaired) electrons. The van der Waals surface area contributed by atoms with Crippen molar-refractivity contribution < 1.29 is 10.2 Å². The number of benzene rings is 1. The summed E-state index contributed by atoms with van der Waals surface area (Å²) < 4.78 is 0. The first-order valence-corrected chi connectivity index (χ1v) is 7.72.